The molecule has 1 aliphatic rings. The Labute approximate surface area is 101 Å². The largest absolute Gasteiger partial charge is 0.435 e. The summed E-state index contributed by atoms with van der Waals surface area (Å²) in [6.07, 6.45) is -4.42. The monoisotopic (exact) mass is 268 g/mol. The summed E-state index contributed by atoms with van der Waals surface area (Å²) < 4.78 is 39.5. The first-order valence-corrected chi connectivity index (χ1v) is 5.56. The molecule has 0 amide bonds. The van der Waals surface area contributed by atoms with Crippen molar-refractivity contribution < 1.29 is 18.3 Å². The Balaban J connectivity index is 2.61. The summed E-state index contributed by atoms with van der Waals surface area (Å²) in [5.41, 5.74) is -1.93. The summed E-state index contributed by atoms with van der Waals surface area (Å²) in [6.45, 7) is 1.48. The van der Waals surface area contributed by atoms with E-state index in [0.717, 1.165) is 4.68 Å². The fourth-order valence-corrected chi connectivity index (χ4v) is 2.47. The summed E-state index contributed by atoms with van der Waals surface area (Å²) in [5, 5.41) is 13.0. The highest BCUT2D eigenvalue weighted by Gasteiger charge is 2.55. The standard InChI is InChI=1S/C10H12ClF3N2O/c1-5(17)9(3-4-9)6-7(10(12,13)14)15-16(2)8(6)11/h5,17H,3-4H2,1-2H3. The van der Waals surface area contributed by atoms with E-state index in [-0.39, 0.29) is 10.7 Å². The van der Waals surface area contributed by atoms with Crippen molar-refractivity contribution >= 4 is 11.6 Å². The molecule has 1 fully saturated rings. The van der Waals surface area contributed by atoms with Crippen LogP contribution in [0.25, 0.3) is 0 Å². The second-order valence-electron chi connectivity index (χ2n) is 4.47. The maximum Gasteiger partial charge on any atom is 0.435 e. The van der Waals surface area contributed by atoms with Crippen LogP contribution in [0, 0.1) is 0 Å². The number of alkyl halides is 3. The van der Waals surface area contributed by atoms with Crippen LogP contribution in [0.15, 0.2) is 0 Å². The minimum atomic E-state index is -4.55. The number of hydrogen-bond acceptors (Lipinski definition) is 2. The molecular formula is C10H12ClF3N2O. The van der Waals surface area contributed by atoms with Crippen molar-refractivity contribution in [1.29, 1.82) is 0 Å². The molecule has 3 nitrogen and oxygen atoms in total. The van der Waals surface area contributed by atoms with E-state index in [2.05, 4.69) is 5.10 Å². The molecule has 1 aromatic heterocycles. The third-order valence-electron chi connectivity index (χ3n) is 3.33. The Hall–Kier alpha value is -0.750. The van der Waals surface area contributed by atoms with Crippen LogP contribution < -0.4 is 0 Å². The molecule has 0 aromatic carbocycles. The second-order valence-corrected chi connectivity index (χ2v) is 4.83. The van der Waals surface area contributed by atoms with Gasteiger partial charge in [0.25, 0.3) is 0 Å². The molecule has 1 atom stereocenters. The smallest absolute Gasteiger partial charge is 0.392 e. The number of aryl methyl sites for hydroxylation is 1. The number of hydrogen-bond donors (Lipinski definition) is 1. The van der Waals surface area contributed by atoms with Crippen LogP contribution in [0.1, 0.15) is 31.0 Å². The van der Waals surface area contributed by atoms with E-state index in [1.807, 2.05) is 0 Å². The van der Waals surface area contributed by atoms with Gasteiger partial charge >= 0.3 is 6.18 Å². The van der Waals surface area contributed by atoms with Gasteiger partial charge in [0.05, 0.1) is 6.10 Å². The molecule has 7 heteroatoms. The van der Waals surface area contributed by atoms with Crippen molar-refractivity contribution in [1.82, 2.24) is 9.78 Å². The van der Waals surface area contributed by atoms with E-state index in [9.17, 15) is 18.3 Å². The van der Waals surface area contributed by atoms with E-state index in [4.69, 9.17) is 11.6 Å². The van der Waals surface area contributed by atoms with E-state index in [1.165, 1.54) is 14.0 Å². The van der Waals surface area contributed by atoms with Gasteiger partial charge in [-0.3, -0.25) is 4.68 Å². The number of aromatic nitrogens is 2. The maximum atomic E-state index is 12.8. The summed E-state index contributed by atoms with van der Waals surface area (Å²) in [6, 6.07) is 0. The maximum absolute atomic E-state index is 12.8. The van der Waals surface area contributed by atoms with Gasteiger partial charge in [-0.05, 0) is 19.8 Å². The number of nitrogens with zero attached hydrogens (tertiary/aromatic N) is 2. The normalized spacial score (nSPS) is 20.4. The van der Waals surface area contributed by atoms with Gasteiger partial charge in [0.1, 0.15) is 5.15 Å². The summed E-state index contributed by atoms with van der Waals surface area (Å²) >= 11 is 5.88. The van der Waals surface area contributed by atoms with Crippen molar-refractivity contribution in [3.63, 3.8) is 0 Å². The molecule has 1 heterocycles. The van der Waals surface area contributed by atoms with E-state index in [0.29, 0.717) is 12.8 Å². The lowest BCUT2D eigenvalue weighted by atomic mass is 9.91. The lowest BCUT2D eigenvalue weighted by Crippen LogP contribution is -2.25. The predicted molar refractivity (Wildman–Crippen MR) is 55.8 cm³/mol. The minimum Gasteiger partial charge on any atom is -0.392 e. The quantitative estimate of drug-likeness (QED) is 0.895. The molecule has 0 aliphatic heterocycles. The van der Waals surface area contributed by atoms with Crippen LogP contribution in [-0.2, 0) is 18.6 Å². The number of aliphatic hydroxyl groups excluding tert-OH is 1. The van der Waals surface area contributed by atoms with Gasteiger partial charge in [-0.2, -0.15) is 18.3 Å². The summed E-state index contributed by atoms with van der Waals surface area (Å²) in [5.74, 6) is 0. The van der Waals surface area contributed by atoms with Crippen LogP contribution in [-0.4, -0.2) is 21.0 Å². The molecule has 0 radical (unpaired) electrons. The Kier molecular flexibility index (Phi) is 2.70. The predicted octanol–water partition coefficient (Wildman–Crippen LogP) is 2.50. The SMILES string of the molecule is CC(O)C1(c2c(C(F)(F)F)nn(C)c2Cl)CC1. The molecule has 96 valence electrons. The first kappa shape index (κ1) is 12.7. The third-order valence-corrected chi connectivity index (χ3v) is 3.77. The first-order valence-electron chi connectivity index (χ1n) is 5.18. The Morgan fingerprint density at radius 3 is 2.35 bits per heavy atom. The molecule has 0 saturated heterocycles. The highest BCUT2D eigenvalue weighted by atomic mass is 35.5. The molecule has 0 bridgehead atoms. The van der Waals surface area contributed by atoms with Crippen molar-refractivity contribution in [2.24, 2.45) is 7.05 Å². The molecule has 1 aliphatic carbocycles. The zero-order valence-electron chi connectivity index (χ0n) is 9.35. The van der Waals surface area contributed by atoms with E-state index < -0.39 is 23.4 Å². The van der Waals surface area contributed by atoms with Gasteiger partial charge < -0.3 is 5.11 Å². The average Bonchev–Trinajstić information content (AvgIpc) is 2.91. The van der Waals surface area contributed by atoms with Gasteiger partial charge in [-0.15, -0.1) is 0 Å². The molecule has 17 heavy (non-hydrogen) atoms. The summed E-state index contributed by atoms with van der Waals surface area (Å²) in [4.78, 5) is 0. The second kappa shape index (κ2) is 3.62. The average molecular weight is 269 g/mol. The molecule has 0 spiro atoms. The van der Waals surface area contributed by atoms with Crippen LogP contribution >= 0.6 is 11.6 Å². The highest BCUT2D eigenvalue weighted by molar-refractivity contribution is 6.30. The number of aliphatic hydroxyl groups is 1. The Morgan fingerprint density at radius 1 is 1.47 bits per heavy atom. The van der Waals surface area contributed by atoms with Gasteiger partial charge in [0, 0.05) is 18.0 Å². The molecule has 1 aromatic rings. The van der Waals surface area contributed by atoms with Crippen molar-refractivity contribution in [2.75, 3.05) is 0 Å². The van der Waals surface area contributed by atoms with Crippen LogP contribution in [0.3, 0.4) is 0 Å². The lowest BCUT2D eigenvalue weighted by Gasteiger charge is -2.20. The molecule has 1 saturated carbocycles. The molecular weight excluding hydrogens is 257 g/mol. The van der Waals surface area contributed by atoms with Crippen LogP contribution in [0.2, 0.25) is 5.15 Å². The topological polar surface area (TPSA) is 38.1 Å². The zero-order valence-corrected chi connectivity index (χ0v) is 10.1. The van der Waals surface area contributed by atoms with Gasteiger partial charge in [-0.1, -0.05) is 11.6 Å². The minimum absolute atomic E-state index is 0.0456. The number of halogens is 4. The van der Waals surface area contributed by atoms with Crippen LogP contribution in [0.4, 0.5) is 13.2 Å². The molecule has 1 N–H and O–H groups in total. The van der Waals surface area contributed by atoms with Gasteiger partial charge in [-0.25, -0.2) is 0 Å². The van der Waals surface area contributed by atoms with Crippen molar-refractivity contribution in [3.05, 3.63) is 16.4 Å². The van der Waals surface area contributed by atoms with Gasteiger partial charge in [0.2, 0.25) is 0 Å². The zero-order chi connectivity index (χ0) is 13.0. The lowest BCUT2D eigenvalue weighted by molar-refractivity contribution is -0.142. The fraction of sp³-hybridized carbons (Fsp3) is 0.700. The summed E-state index contributed by atoms with van der Waals surface area (Å²) in [7, 11) is 1.36. The first-order chi connectivity index (χ1) is 7.70. The van der Waals surface area contributed by atoms with Gasteiger partial charge in [0.15, 0.2) is 5.69 Å². The third kappa shape index (κ3) is 1.83. The Morgan fingerprint density at radius 2 is 2.00 bits per heavy atom. The Bertz CT molecular complexity index is 449. The molecule has 1 unspecified atom stereocenters. The highest BCUT2D eigenvalue weighted by Crippen LogP contribution is 2.56. The number of rotatable bonds is 2. The van der Waals surface area contributed by atoms with Crippen molar-refractivity contribution in [3.8, 4) is 0 Å². The fourth-order valence-electron chi connectivity index (χ4n) is 2.15. The van der Waals surface area contributed by atoms with E-state index in [1.54, 1.807) is 0 Å². The van der Waals surface area contributed by atoms with E-state index >= 15 is 0 Å². The van der Waals surface area contributed by atoms with Crippen molar-refractivity contribution in [2.45, 2.75) is 37.5 Å². The van der Waals surface area contributed by atoms with Crippen LogP contribution in [0.5, 0.6) is 0 Å². The molecule has 2 rings (SSSR count).